The van der Waals surface area contributed by atoms with Crippen molar-refractivity contribution in [2.75, 3.05) is 31.7 Å². The Morgan fingerprint density at radius 1 is 1.25 bits per heavy atom. The minimum Gasteiger partial charge on any atom is -0.494 e. The highest BCUT2D eigenvalue weighted by Crippen LogP contribution is 2.41. The van der Waals surface area contributed by atoms with Gasteiger partial charge in [0.1, 0.15) is 17.6 Å². The summed E-state index contributed by atoms with van der Waals surface area (Å²) in [5, 5.41) is 10.5. The summed E-state index contributed by atoms with van der Waals surface area (Å²) in [6, 6.07) is 12.4. The van der Waals surface area contributed by atoms with Crippen molar-refractivity contribution in [3.63, 3.8) is 0 Å². The Kier molecular flexibility index (Phi) is 5.13. The summed E-state index contributed by atoms with van der Waals surface area (Å²) < 4.78 is 10.2. The van der Waals surface area contributed by atoms with Crippen LogP contribution in [0.15, 0.2) is 36.4 Å². The minimum absolute atomic E-state index is 0.193. The van der Waals surface area contributed by atoms with E-state index in [1.807, 2.05) is 6.07 Å². The Balaban J connectivity index is 1.78. The van der Waals surface area contributed by atoms with Gasteiger partial charge >= 0.3 is 0 Å². The summed E-state index contributed by atoms with van der Waals surface area (Å²) >= 11 is 0. The quantitative estimate of drug-likeness (QED) is 0.442. The van der Waals surface area contributed by atoms with Gasteiger partial charge in [-0.05, 0) is 44.5 Å². The first-order valence-corrected chi connectivity index (χ1v) is 11.1. The van der Waals surface area contributed by atoms with Gasteiger partial charge in [-0.2, -0.15) is 0 Å². The zero-order valence-electron chi connectivity index (χ0n) is 18.7. The number of aryl methyl sites for hydroxylation is 1. The van der Waals surface area contributed by atoms with Crippen molar-refractivity contribution in [1.29, 1.82) is 0 Å². The number of hydrogen-bond acceptors (Lipinski definition) is 5. The van der Waals surface area contributed by atoms with Gasteiger partial charge in [0.2, 0.25) is 0 Å². The van der Waals surface area contributed by atoms with Gasteiger partial charge in [-0.1, -0.05) is 12.1 Å². The molecule has 32 heavy (non-hydrogen) atoms. The van der Waals surface area contributed by atoms with Gasteiger partial charge in [0.15, 0.2) is 5.82 Å². The zero-order valence-corrected chi connectivity index (χ0v) is 18.7. The van der Waals surface area contributed by atoms with E-state index in [0.29, 0.717) is 11.3 Å². The molecular weight excluding hydrogens is 404 g/mol. The van der Waals surface area contributed by atoms with E-state index in [9.17, 15) is 9.90 Å². The van der Waals surface area contributed by atoms with E-state index in [4.69, 9.17) is 9.72 Å². The molecule has 0 bridgehead atoms. The number of benzene rings is 2. The average molecular weight is 433 g/mol. The Morgan fingerprint density at radius 3 is 2.81 bits per heavy atom. The third kappa shape index (κ3) is 2.99. The van der Waals surface area contributed by atoms with Gasteiger partial charge in [-0.3, -0.25) is 4.79 Å². The average Bonchev–Trinajstić information content (AvgIpc) is 3.38. The Labute approximate surface area is 186 Å². The first kappa shape index (κ1) is 20.6. The second-order valence-corrected chi connectivity index (χ2v) is 8.38. The van der Waals surface area contributed by atoms with Crippen LogP contribution in [-0.2, 0) is 6.54 Å². The standard InChI is InChI=1S/C25H28N4O3/c1-4-28-24-19(11-17(15-31)12-22(24)32-3)26-25(28)21-13-18-7-5-8-20-23(18)29(21)16(2)14-27(20)9-6-10-30/h5,7-8,11-13,15-16,30H,4,6,9-10,14H2,1-3H3. The second kappa shape index (κ2) is 7.98. The van der Waals surface area contributed by atoms with Crippen molar-refractivity contribution < 1.29 is 14.6 Å². The summed E-state index contributed by atoms with van der Waals surface area (Å²) in [5.41, 5.74) is 5.68. The molecule has 0 radical (unpaired) electrons. The lowest BCUT2D eigenvalue weighted by atomic mass is 10.1. The molecule has 0 fully saturated rings. The molecule has 0 saturated heterocycles. The second-order valence-electron chi connectivity index (χ2n) is 8.38. The van der Waals surface area contributed by atoms with Gasteiger partial charge in [-0.25, -0.2) is 4.98 Å². The van der Waals surface area contributed by atoms with Crippen LogP contribution in [0.4, 0.5) is 5.69 Å². The predicted octanol–water partition coefficient (Wildman–Crippen LogP) is 4.26. The number of ether oxygens (including phenoxy) is 1. The Morgan fingerprint density at radius 2 is 2.09 bits per heavy atom. The number of methoxy groups -OCH3 is 1. The van der Waals surface area contributed by atoms with Crippen LogP contribution in [0.3, 0.4) is 0 Å². The lowest BCUT2D eigenvalue weighted by Gasteiger charge is -2.35. The summed E-state index contributed by atoms with van der Waals surface area (Å²) in [7, 11) is 1.63. The molecular formula is C25H28N4O3. The molecule has 3 heterocycles. The number of para-hydroxylation sites is 1. The lowest BCUT2D eigenvalue weighted by Crippen LogP contribution is -2.35. The molecule has 2 aromatic carbocycles. The topological polar surface area (TPSA) is 72.5 Å². The van der Waals surface area contributed by atoms with Crippen LogP contribution in [0.2, 0.25) is 0 Å². The number of anilines is 1. The van der Waals surface area contributed by atoms with E-state index in [-0.39, 0.29) is 12.6 Å². The normalized spacial score (nSPS) is 15.6. The van der Waals surface area contributed by atoms with Crippen LogP contribution in [0, 0.1) is 0 Å². The molecule has 0 aliphatic carbocycles. The molecule has 4 aromatic rings. The molecule has 166 valence electrons. The molecule has 7 heteroatoms. The predicted molar refractivity (Wildman–Crippen MR) is 127 cm³/mol. The fourth-order valence-corrected chi connectivity index (χ4v) is 5.10. The van der Waals surface area contributed by atoms with Gasteiger partial charge in [0, 0.05) is 43.2 Å². The number of aliphatic hydroxyl groups excluding tert-OH is 1. The fraction of sp³-hybridized carbons (Fsp3) is 0.360. The van der Waals surface area contributed by atoms with Crippen LogP contribution >= 0.6 is 0 Å². The number of rotatable bonds is 7. The molecule has 0 amide bonds. The molecule has 1 N–H and O–H groups in total. The highest BCUT2D eigenvalue weighted by molar-refractivity contribution is 5.98. The SMILES string of the molecule is CCn1c(-c2cc3cccc4c3n2C(C)CN4CCCO)nc2cc(C=O)cc(OC)c21. The third-order valence-corrected chi connectivity index (χ3v) is 6.42. The van der Waals surface area contributed by atoms with Crippen molar-refractivity contribution in [2.24, 2.45) is 0 Å². The van der Waals surface area contributed by atoms with Crippen LogP contribution in [-0.4, -0.2) is 52.3 Å². The molecule has 0 saturated carbocycles. The highest BCUT2D eigenvalue weighted by atomic mass is 16.5. The van der Waals surface area contributed by atoms with E-state index in [1.54, 1.807) is 13.2 Å². The number of imidazole rings is 1. The molecule has 1 unspecified atom stereocenters. The smallest absolute Gasteiger partial charge is 0.157 e. The van der Waals surface area contributed by atoms with Crippen molar-refractivity contribution >= 4 is 33.9 Å². The third-order valence-electron chi connectivity index (χ3n) is 6.42. The van der Waals surface area contributed by atoms with Crippen molar-refractivity contribution in [3.8, 4) is 17.3 Å². The van der Waals surface area contributed by atoms with E-state index in [2.05, 4.69) is 52.1 Å². The minimum atomic E-state index is 0.193. The van der Waals surface area contributed by atoms with Crippen LogP contribution in [0.1, 0.15) is 36.7 Å². The van der Waals surface area contributed by atoms with E-state index in [1.165, 1.54) is 16.6 Å². The number of nitrogens with zero attached hydrogens (tertiary/aromatic N) is 4. The molecule has 1 atom stereocenters. The Hall–Kier alpha value is -3.32. The summed E-state index contributed by atoms with van der Waals surface area (Å²) in [6.07, 6.45) is 1.58. The highest BCUT2D eigenvalue weighted by Gasteiger charge is 2.29. The van der Waals surface area contributed by atoms with Gasteiger partial charge < -0.3 is 23.9 Å². The zero-order chi connectivity index (χ0) is 22.4. The van der Waals surface area contributed by atoms with Crippen molar-refractivity contribution in [1.82, 2.24) is 14.1 Å². The van der Waals surface area contributed by atoms with Crippen LogP contribution in [0.25, 0.3) is 33.5 Å². The maximum Gasteiger partial charge on any atom is 0.157 e. The van der Waals surface area contributed by atoms with E-state index in [0.717, 1.165) is 54.9 Å². The number of carbonyl (C=O) groups is 1. The number of hydrogen-bond donors (Lipinski definition) is 1. The largest absolute Gasteiger partial charge is 0.494 e. The van der Waals surface area contributed by atoms with E-state index >= 15 is 0 Å². The van der Waals surface area contributed by atoms with Crippen molar-refractivity contribution in [2.45, 2.75) is 32.9 Å². The number of carbonyl (C=O) groups excluding carboxylic acids is 1. The molecule has 2 aromatic heterocycles. The molecule has 5 rings (SSSR count). The summed E-state index contributed by atoms with van der Waals surface area (Å²) in [4.78, 5) is 18.8. The molecule has 7 nitrogen and oxygen atoms in total. The summed E-state index contributed by atoms with van der Waals surface area (Å²) in [6.45, 7) is 6.96. The summed E-state index contributed by atoms with van der Waals surface area (Å²) in [5.74, 6) is 1.53. The van der Waals surface area contributed by atoms with Gasteiger partial charge in [0.25, 0.3) is 0 Å². The monoisotopic (exact) mass is 432 g/mol. The fourth-order valence-electron chi connectivity index (χ4n) is 5.10. The first-order chi connectivity index (χ1) is 15.6. The van der Waals surface area contributed by atoms with Gasteiger partial charge in [0.05, 0.1) is 29.5 Å². The Bertz CT molecular complexity index is 1320. The van der Waals surface area contributed by atoms with Crippen molar-refractivity contribution in [3.05, 3.63) is 42.0 Å². The van der Waals surface area contributed by atoms with E-state index < -0.39 is 0 Å². The number of aromatic nitrogens is 3. The molecule has 0 spiro atoms. The van der Waals surface area contributed by atoms with Gasteiger partial charge in [-0.15, -0.1) is 0 Å². The molecule has 1 aliphatic heterocycles. The first-order valence-electron chi connectivity index (χ1n) is 11.1. The molecule has 1 aliphatic rings. The number of fused-ring (bicyclic) bond motifs is 1. The maximum absolute atomic E-state index is 11.4. The van der Waals surface area contributed by atoms with Crippen LogP contribution in [0.5, 0.6) is 5.75 Å². The maximum atomic E-state index is 11.4. The van der Waals surface area contributed by atoms with Crippen LogP contribution < -0.4 is 9.64 Å². The number of aliphatic hydroxyl groups is 1. The lowest BCUT2D eigenvalue weighted by molar-refractivity contribution is 0.112. The number of aldehydes is 1.